The number of benzene rings is 1. The van der Waals surface area contributed by atoms with E-state index in [-0.39, 0.29) is 6.42 Å². The molecule has 0 spiro atoms. The predicted octanol–water partition coefficient (Wildman–Crippen LogP) is 1.77. The lowest BCUT2D eigenvalue weighted by Gasteiger charge is -2.07. The highest BCUT2D eigenvalue weighted by Gasteiger charge is 2.17. The van der Waals surface area contributed by atoms with Gasteiger partial charge in [0.2, 0.25) is 5.89 Å². The van der Waals surface area contributed by atoms with Crippen LogP contribution >= 0.6 is 0 Å². The summed E-state index contributed by atoms with van der Waals surface area (Å²) >= 11 is 0. The van der Waals surface area contributed by atoms with Gasteiger partial charge in [-0.1, -0.05) is 18.2 Å². The zero-order valence-electron chi connectivity index (χ0n) is 10.7. The fourth-order valence-corrected chi connectivity index (χ4v) is 1.67. The number of nitrogens with zero attached hydrogens (tertiary/aromatic N) is 1. The van der Waals surface area contributed by atoms with E-state index in [9.17, 15) is 4.79 Å². The van der Waals surface area contributed by atoms with Crippen LogP contribution in [0.15, 0.2) is 40.9 Å². The summed E-state index contributed by atoms with van der Waals surface area (Å²) < 4.78 is 10.4. The average Bonchev–Trinajstić information content (AvgIpc) is 2.88. The maximum Gasteiger partial charge on any atom is 0.323 e. The number of hydrogen-bond acceptors (Lipinski definition) is 5. The number of esters is 1. The lowest BCUT2D eigenvalue weighted by atomic mass is 10.2. The summed E-state index contributed by atoms with van der Waals surface area (Å²) in [6, 6.07) is 8.82. The molecule has 0 radical (unpaired) electrons. The van der Waals surface area contributed by atoms with Crippen LogP contribution in [0.2, 0.25) is 0 Å². The summed E-state index contributed by atoms with van der Waals surface area (Å²) in [4.78, 5) is 15.6. The van der Waals surface area contributed by atoms with Gasteiger partial charge in [0.1, 0.15) is 11.8 Å². The van der Waals surface area contributed by atoms with E-state index >= 15 is 0 Å². The van der Waals surface area contributed by atoms with Crippen LogP contribution in [0.5, 0.6) is 0 Å². The van der Waals surface area contributed by atoms with Crippen LogP contribution in [0.3, 0.4) is 0 Å². The van der Waals surface area contributed by atoms with E-state index in [1.165, 1.54) is 0 Å². The van der Waals surface area contributed by atoms with E-state index in [1.807, 2.05) is 30.3 Å². The third-order valence-corrected chi connectivity index (χ3v) is 2.58. The molecule has 0 saturated heterocycles. The van der Waals surface area contributed by atoms with Gasteiger partial charge in [0.05, 0.1) is 12.8 Å². The first-order valence-corrected chi connectivity index (χ1v) is 6.13. The van der Waals surface area contributed by atoms with Gasteiger partial charge in [-0.3, -0.25) is 4.79 Å². The van der Waals surface area contributed by atoms with Crippen LogP contribution in [-0.4, -0.2) is 23.6 Å². The smallest absolute Gasteiger partial charge is 0.323 e. The zero-order chi connectivity index (χ0) is 13.7. The van der Waals surface area contributed by atoms with Crippen LogP contribution in [0.25, 0.3) is 11.5 Å². The Hall–Kier alpha value is -2.14. The van der Waals surface area contributed by atoms with Crippen molar-refractivity contribution in [1.82, 2.24) is 4.98 Å². The van der Waals surface area contributed by atoms with Crippen molar-refractivity contribution in [3.05, 3.63) is 42.3 Å². The zero-order valence-corrected chi connectivity index (χ0v) is 10.7. The predicted molar refractivity (Wildman–Crippen MR) is 70.3 cm³/mol. The molecule has 0 fully saturated rings. The lowest BCUT2D eigenvalue weighted by molar-refractivity contribution is -0.144. The molecule has 0 aliphatic carbocycles. The van der Waals surface area contributed by atoms with Gasteiger partial charge in [0.25, 0.3) is 0 Å². The van der Waals surface area contributed by atoms with E-state index in [0.717, 1.165) is 5.56 Å². The quantitative estimate of drug-likeness (QED) is 0.829. The molecule has 2 rings (SSSR count). The van der Waals surface area contributed by atoms with Crippen LogP contribution in [0, 0.1) is 0 Å². The van der Waals surface area contributed by atoms with Crippen LogP contribution in [0.4, 0.5) is 0 Å². The number of rotatable bonds is 5. The molecule has 1 aromatic carbocycles. The molecule has 19 heavy (non-hydrogen) atoms. The third kappa shape index (κ3) is 3.42. The highest BCUT2D eigenvalue weighted by atomic mass is 16.5. The molecule has 0 amide bonds. The lowest BCUT2D eigenvalue weighted by Crippen LogP contribution is -2.34. The molecule has 5 nitrogen and oxygen atoms in total. The highest BCUT2D eigenvalue weighted by molar-refractivity contribution is 5.75. The van der Waals surface area contributed by atoms with Gasteiger partial charge in [0.15, 0.2) is 0 Å². The van der Waals surface area contributed by atoms with Gasteiger partial charge >= 0.3 is 5.97 Å². The minimum atomic E-state index is -0.725. The van der Waals surface area contributed by atoms with E-state index in [2.05, 4.69) is 4.98 Å². The average molecular weight is 260 g/mol. The van der Waals surface area contributed by atoms with Crippen LogP contribution < -0.4 is 5.73 Å². The first kappa shape index (κ1) is 13.3. The SMILES string of the molecule is CCOC(=O)[C@@H](N)Cc1cnc(-c2ccccc2)o1. The Kier molecular flexibility index (Phi) is 4.30. The first-order valence-electron chi connectivity index (χ1n) is 6.13. The van der Waals surface area contributed by atoms with Crippen molar-refractivity contribution in [3.63, 3.8) is 0 Å². The maximum atomic E-state index is 11.4. The molecule has 1 heterocycles. The summed E-state index contributed by atoms with van der Waals surface area (Å²) in [6.45, 7) is 2.06. The fraction of sp³-hybridized carbons (Fsp3) is 0.286. The summed E-state index contributed by atoms with van der Waals surface area (Å²) in [5.74, 6) is 0.659. The van der Waals surface area contributed by atoms with E-state index in [0.29, 0.717) is 18.3 Å². The van der Waals surface area contributed by atoms with Crippen LogP contribution in [0.1, 0.15) is 12.7 Å². The van der Waals surface area contributed by atoms with Gasteiger partial charge in [0, 0.05) is 12.0 Å². The van der Waals surface area contributed by atoms with E-state index in [1.54, 1.807) is 13.1 Å². The molecule has 0 saturated carbocycles. The Labute approximate surface area is 111 Å². The largest absolute Gasteiger partial charge is 0.465 e. The Morgan fingerprint density at radius 1 is 1.42 bits per heavy atom. The summed E-state index contributed by atoms with van der Waals surface area (Å²) in [5.41, 5.74) is 6.61. The van der Waals surface area contributed by atoms with Gasteiger partial charge < -0.3 is 14.9 Å². The van der Waals surface area contributed by atoms with E-state index in [4.69, 9.17) is 14.9 Å². The molecule has 2 aromatic rings. The summed E-state index contributed by atoms with van der Waals surface area (Å²) in [6.07, 6.45) is 1.86. The second-order valence-electron chi connectivity index (χ2n) is 4.06. The monoisotopic (exact) mass is 260 g/mol. The number of oxazole rings is 1. The van der Waals surface area contributed by atoms with Gasteiger partial charge in [-0.2, -0.15) is 0 Å². The maximum absolute atomic E-state index is 11.4. The standard InChI is InChI=1S/C14H16N2O3/c1-2-18-14(17)12(15)8-11-9-16-13(19-11)10-6-4-3-5-7-10/h3-7,9,12H,2,8,15H2,1H3/t12-/m0/s1. The molecule has 2 N–H and O–H groups in total. The van der Waals surface area contributed by atoms with Crippen molar-refractivity contribution >= 4 is 5.97 Å². The Balaban J connectivity index is 2.04. The van der Waals surface area contributed by atoms with Gasteiger partial charge in [-0.25, -0.2) is 4.98 Å². The fourth-order valence-electron chi connectivity index (χ4n) is 1.67. The number of aromatic nitrogens is 1. The molecular formula is C14H16N2O3. The summed E-state index contributed by atoms with van der Waals surface area (Å²) in [5, 5.41) is 0. The van der Waals surface area contributed by atoms with E-state index < -0.39 is 12.0 Å². The first-order chi connectivity index (χ1) is 9.20. The van der Waals surface area contributed by atoms with Crippen molar-refractivity contribution in [1.29, 1.82) is 0 Å². The second kappa shape index (κ2) is 6.15. The Bertz CT molecular complexity index is 537. The molecule has 0 aliphatic heterocycles. The van der Waals surface area contributed by atoms with Gasteiger partial charge in [-0.05, 0) is 19.1 Å². The number of ether oxygens (including phenoxy) is 1. The summed E-state index contributed by atoms with van der Waals surface area (Å²) in [7, 11) is 0. The number of carbonyl (C=O) groups is 1. The van der Waals surface area contributed by atoms with Crippen molar-refractivity contribution < 1.29 is 13.9 Å². The van der Waals surface area contributed by atoms with Crippen molar-refractivity contribution in [2.75, 3.05) is 6.61 Å². The highest BCUT2D eigenvalue weighted by Crippen LogP contribution is 2.19. The van der Waals surface area contributed by atoms with Gasteiger partial charge in [-0.15, -0.1) is 0 Å². The normalized spacial score (nSPS) is 12.1. The minimum absolute atomic E-state index is 0.276. The Morgan fingerprint density at radius 2 is 2.16 bits per heavy atom. The number of carbonyl (C=O) groups excluding carboxylic acids is 1. The Morgan fingerprint density at radius 3 is 2.84 bits per heavy atom. The minimum Gasteiger partial charge on any atom is -0.465 e. The number of nitrogens with two attached hydrogens (primary N) is 1. The molecule has 1 aromatic heterocycles. The molecule has 5 heteroatoms. The van der Waals surface area contributed by atoms with Crippen molar-refractivity contribution in [3.8, 4) is 11.5 Å². The molecule has 0 bridgehead atoms. The number of hydrogen-bond donors (Lipinski definition) is 1. The molecule has 0 unspecified atom stereocenters. The third-order valence-electron chi connectivity index (χ3n) is 2.58. The molecule has 0 aliphatic rings. The molecule has 100 valence electrons. The van der Waals surface area contributed by atoms with Crippen LogP contribution in [-0.2, 0) is 16.0 Å². The molecular weight excluding hydrogens is 244 g/mol. The topological polar surface area (TPSA) is 78.4 Å². The van der Waals surface area contributed by atoms with Crippen molar-refractivity contribution in [2.45, 2.75) is 19.4 Å². The van der Waals surface area contributed by atoms with Crippen molar-refractivity contribution in [2.24, 2.45) is 5.73 Å². The molecule has 1 atom stereocenters. The second-order valence-corrected chi connectivity index (χ2v) is 4.06.